The quantitative estimate of drug-likeness (QED) is 0.861. The summed E-state index contributed by atoms with van der Waals surface area (Å²) in [6, 6.07) is 2.11. The van der Waals surface area contributed by atoms with Gasteiger partial charge in [0, 0.05) is 15.8 Å². The second kappa shape index (κ2) is 4.07. The molecule has 0 aromatic carbocycles. The average Bonchev–Trinajstić information content (AvgIpc) is 2.71. The Morgan fingerprint density at radius 3 is 2.28 bits per heavy atom. The Morgan fingerprint density at radius 2 is 1.78 bits per heavy atom. The number of aliphatic hydroxyl groups is 1. The molecule has 4 saturated carbocycles. The van der Waals surface area contributed by atoms with E-state index in [2.05, 4.69) is 27.4 Å². The number of hydrogen-bond donors (Lipinski definition) is 1. The van der Waals surface area contributed by atoms with E-state index in [0.29, 0.717) is 11.8 Å². The van der Waals surface area contributed by atoms with Crippen molar-refractivity contribution in [2.75, 3.05) is 0 Å². The largest absolute Gasteiger partial charge is 0.389 e. The number of halogens is 1. The highest BCUT2D eigenvalue weighted by Gasteiger charge is 2.56. The summed E-state index contributed by atoms with van der Waals surface area (Å²) >= 11 is 5.40. The van der Waals surface area contributed by atoms with Gasteiger partial charge in [-0.05, 0) is 83.2 Å². The topological polar surface area (TPSA) is 20.2 Å². The van der Waals surface area contributed by atoms with Crippen molar-refractivity contribution < 1.29 is 5.11 Å². The fourth-order valence-electron chi connectivity index (χ4n) is 5.00. The molecule has 0 radical (unpaired) electrons. The van der Waals surface area contributed by atoms with Crippen LogP contribution >= 0.6 is 27.3 Å². The van der Waals surface area contributed by atoms with Crippen LogP contribution in [-0.4, -0.2) is 10.7 Å². The fourth-order valence-corrected chi connectivity index (χ4v) is 6.59. The summed E-state index contributed by atoms with van der Waals surface area (Å²) in [7, 11) is 0. The second-order valence-electron chi connectivity index (χ2n) is 6.66. The lowest BCUT2D eigenvalue weighted by Gasteiger charge is -2.59. The van der Waals surface area contributed by atoms with Gasteiger partial charge in [0.05, 0.1) is 5.60 Å². The van der Waals surface area contributed by atoms with Gasteiger partial charge in [-0.1, -0.05) is 0 Å². The molecule has 5 rings (SSSR count). The lowest BCUT2D eigenvalue weighted by molar-refractivity contribution is -0.171. The second-order valence-corrected chi connectivity index (χ2v) is 8.52. The minimum Gasteiger partial charge on any atom is -0.389 e. The van der Waals surface area contributed by atoms with E-state index in [-0.39, 0.29) is 0 Å². The summed E-state index contributed by atoms with van der Waals surface area (Å²) < 4.78 is 1.19. The van der Waals surface area contributed by atoms with Crippen LogP contribution in [0, 0.1) is 23.7 Å². The highest BCUT2D eigenvalue weighted by atomic mass is 79.9. The molecule has 3 heteroatoms. The zero-order chi connectivity index (χ0) is 12.3. The molecule has 1 heterocycles. The van der Waals surface area contributed by atoms with Gasteiger partial charge in [-0.2, -0.15) is 0 Å². The first-order valence-corrected chi connectivity index (χ1v) is 8.76. The predicted octanol–water partition coefficient (Wildman–Crippen LogP) is 4.24. The summed E-state index contributed by atoms with van der Waals surface area (Å²) in [4.78, 5) is 1.34. The molecule has 0 amide bonds. The van der Waals surface area contributed by atoms with E-state index in [1.807, 2.05) is 0 Å². The van der Waals surface area contributed by atoms with Crippen molar-refractivity contribution in [2.45, 2.75) is 44.1 Å². The molecule has 4 aliphatic carbocycles. The molecule has 4 aliphatic rings. The van der Waals surface area contributed by atoms with Crippen LogP contribution in [0.2, 0.25) is 0 Å². The maximum absolute atomic E-state index is 11.3. The van der Waals surface area contributed by atoms with E-state index in [1.165, 1.54) is 41.5 Å². The van der Waals surface area contributed by atoms with E-state index in [9.17, 15) is 5.11 Å². The Hall–Kier alpha value is 0.140. The van der Waals surface area contributed by atoms with Crippen molar-refractivity contribution in [1.82, 2.24) is 0 Å². The van der Waals surface area contributed by atoms with Crippen molar-refractivity contribution >= 4 is 27.3 Å². The zero-order valence-corrected chi connectivity index (χ0v) is 12.8. The minimum atomic E-state index is -0.402. The Balaban J connectivity index is 1.65. The van der Waals surface area contributed by atoms with Gasteiger partial charge in [-0.3, -0.25) is 0 Å². The average molecular weight is 327 g/mol. The number of hydrogen-bond acceptors (Lipinski definition) is 2. The molecule has 0 saturated heterocycles. The zero-order valence-electron chi connectivity index (χ0n) is 10.4. The van der Waals surface area contributed by atoms with E-state index >= 15 is 0 Å². The third kappa shape index (κ3) is 1.66. The monoisotopic (exact) mass is 326 g/mol. The summed E-state index contributed by atoms with van der Waals surface area (Å²) in [6.45, 7) is 0. The van der Waals surface area contributed by atoms with Crippen molar-refractivity contribution in [2.24, 2.45) is 23.7 Å². The van der Waals surface area contributed by atoms with Gasteiger partial charge in [0.25, 0.3) is 0 Å². The Kier molecular flexibility index (Phi) is 2.69. The molecular formula is C15H19BrOS. The van der Waals surface area contributed by atoms with Crippen LogP contribution in [0.1, 0.15) is 37.0 Å². The SMILES string of the molecule is OC1(Cc2sccc2Br)C2CC3CC(C2)CC1C3. The molecule has 4 fully saturated rings. The van der Waals surface area contributed by atoms with Crippen molar-refractivity contribution in [3.63, 3.8) is 0 Å². The summed E-state index contributed by atoms with van der Waals surface area (Å²) in [5.41, 5.74) is -0.402. The molecule has 1 N–H and O–H groups in total. The van der Waals surface area contributed by atoms with Gasteiger partial charge in [-0.15, -0.1) is 11.3 Å². The highest BCUT2D eigenvalue weighted by Crippen LogP contribution is 2.59. The van der Waals surface area contributed by atoms with Crippen LogP contribution in [0.4, 0.5) is 0 Å². The van der Waals surface area contributed by atoms with Crippen molar-refractivity contribution in [3.8, 4) is 0 Å². The predicted molar refractivity (Wildman–Crippen MR) is 77.7 cm³/mol. The van der Waals surface area contributed by atoms with Gasteiger partial charge in [0.15, 0.2) is 0 Å². The molecule has 1 aromatic rings. The first-order valence-electron chi connectivity index (χ1n) is 7.09. The lowest BCUT2D eigenvalue weighted by Crippen LogP contribution is -2.58. The van der Waals surface area contributed by atoms with Crippen molar-refractivity contribution in [3.05, 3.63) is 20.8 Å². The van der Waals surface area contributed by atoms with Crippen LogP contribution < -0.4 is 0 Å². The maximum atomic E-state index is 11.3. The first-order chi connectivity index (χ1) is 8.65. The Bertz CT molecular complexity index is 439. The maximum Gasteiger partial charge on any atom is 0.0752 e. The van der Waals surface area contributed by atoms with Crippen LogP contribution in [0.15, 0.2) is 15.9 Å². The van der Waals surface area contributed by atoms with Crippen LogP contribution in [0.5, 0.6) is 0 Å². The van der Waals surface area contributed by atoms with Gasteiger partial charge in [0.1, 0.15) is 0 Å². The van der Waals surface area contributed by atoms with Crippen LogP contribution in [0.25, 0.3) is 0 Å². The summed E-state index contributed by atoms with van der Waals surface area (Å²) in [5, 5.41) is 13.4. The number of thiophene rings is 1. The normalized spacial score (nSPS) is 45.7. The summed E-state index contributed by atoms with van der Waals surface area (Å²) in [6.07, 6.45) is 7.46. The third-order valence-corrected chi connectivity index (χ3v) is 7.61. The van der Waals surface area contributed by atoms with Gasteiger partial charge < -0.3 is 5.11 Å². The smallest absolute Gasteiger partial charge is 0.0752 e. The molecule has 1 nitrogen and oxygen atoms in total. The van der Waals surface area contributed by atoms with Gasteiger partial charge >= 0.3 is 0 Å². The van der Waals surface area contributed by atoms with E-state index in [1.54, 1.807) is 11.3 Å². The lowest BCUT2D eigenvalue weighted by atomic mass is 9.49. The Morgan fingerprint density at radius 1 is 1.17 bits per heavy atom. The van der Waals surface area contributed by atoms with Crippen LogP contribution in [0.3, 0.4) is 0 Å². The third-order valence-electron chi connectivity index (χ3n) is 5.69. The standard InChI is InChI=1S/C15H19BrOS/c16-13-1-2-18-14(13)8-15(17)11-4-9-3-10(6-11)7-12(15)5-9/h1-2,9-12,17H,3-8H2. The summed E-state index contributed by atoms with van der Waals surface area (Å²) in [5.74, 6) is 3.00. The molecule has 0 aliphatic heterocycles. The molecule has 0 spiro atoms. The van der Waals surface area contributed by atoms with Crippen molar-refractivity contribution in [1.29, 1.82) is 0 Å². The van der Waals surface area contributed by atoms with E-state index < -0.39 is 5.60 Å². The van der Waals surface area contributed by atoms with Gasteiger partial charge in [-0.25, -0.2) is 0 Å². The van der Waals surface area contributed by atoms with Crippen LogP contribution in [-0.2, 0) is 6.42 Å². The molecular weight excluding hydrogens is 308 g/mol. The molecule has 98 valence electrons. The number of rotatable bonds is 2. The molecule has 18 heavy (non-hydrogen) atoms. The van der Waals surface area contributed by atoms with E-state index in [4.69, 9.17) is 0 Å². The van der Waals surface area contributed by atoms with E-state index in [0.717, 1.165) is 18.3 Å². The first kappa shape index (κ1) is 11.9. The molecule has 4 bridgehead atoms. The molecule has 0 unspecified atom stereocenters. The van der Waals surface area contributed by atoms with Gasteiger partial charge in [0.2, 0.25) is 0 Å². The molecule has 1 aromatic heterocycles. The minimum absolute atomic E-state index is 0.402. The fraction of sp³-hybridized carbons (Fsp3) is 0.733. The molecule has 0 atom stereocenters. The Labute approximate surface area is 121 Å². The highest BCUT2D eigenvalue weighted by molar-refractivity contribution is 9.10.